The van der Waals surface area contributed by atoms with E-state index in [1.807, 2.05) is 0 Å². The highest BCUT2D eigenvalue weighted by atomic mass is 32.2. The highest BCUT2D eigenvalue weighted by Gasteiger charge is 2.28. The van der Waals surface area contributed by atoms with Gasteiger partial charge in [0, 0.05) is 13.1 Å². The predicted octanol–water partition coefficient (Wildman–Crippen LogP) is 0.171. The van der Waals surface area contributed by atoms with Gasteiger partial charge in [-0.25, -0.2) is 13.1 Å². The van der Waals surface area contributed by atoms with Crippen LogP contribution in [-0.2, 0) is 10.0 Å². The third-order valence-electron chi connectivity index (χ3n) is 2.67. The van der Waals surface area contributed by atoms with Crippen molar-refractivity contribution in [1.82, 2.24) is 10.0 Å². The first-order valence-electron chi connectivity index (χ1n) is 5.17. The summed E-state index contributed by atoms with van der Waals surface area (Å²) in [6, 6.07) is 0. The molecule has 0 heterocycles. The van der Waals surface area contributed by atoms with Gasteiger partial charge in [-0.15, -0.1) is 0 Å². The summed E-state index contributed by atoms with van der Waals surface area (Å²) < 4.78 is 25.4. The van der Waals surface area contributed by atoms with Crippen molar-refractivity contribution in [2.75, 3.05) is 25.9 Å². The smallest absolute Gasteiger partial charge is 0.212 e. The SMILES string of the molecule is CNCCS(=O)(=O)NCC(C)C1CC1. The van der Waals surface area contributed by atoms with Crippen LogP contribution in [-0.4, -0.2) is 34.3 Å². The monoisotopic (exact) mass is 220 g/mol. The van der Waals surface area contributed by atoms with Crippen LogP contribution in [0.25, 0.3) is 0 Å². The zero-order valence-corrected chi connectivity index (χ0v) is 9.73. The van der Waals surface area contributed by atoms with Crippen LogP contribution in [0.3, 0.4) is 0 Å². The van der Waals surface area contributed by atoms with Crippen molar-refractivity contribution in [3.05, 3.63) is 0 Å². The first-order valence-corrected chi connectivity index (χ1v) is 6.82. The zero-order valence-electron chi connectivity index (χ0n) is 8.91. The molecule has 2 N–H and O–H groups in total. The molecular formula is C9H20N2O2S. The van der Waals surface area contributed by atoms with E-state index in [0.717, 1.165) is 5.92 Å². The minimum absolute atomic E-state index is 0.168. The fraction of sp³-hybridized carbons (Fsp3) is 1.00. The summed E-state index contributed by atoms with van der Waals surface area (Å²) in [4.78, 5) is 0. The van der Waals surface area contributed by atoms with E-state index in [4.69, 9.17) is 0 Å². The molecule has 4 nitrogen and oxygen atoms in total. The molecule has 0 aromatic heterocycles. The predicted molar refractivity (Wildman–Crippen MR) is 57.6 cm³/mol. The first kappa shape index (κ1) is 11.9. The molecule has 1 aliphatic carbocycles. The third-order valence-corrected chi connectivity index (χ3v) is 4.02. The summed E-state index contributed by atoms with van der Waals surface area (Å²) in [5.74, 6) is 1.40. The van der Waals surface area contributed by atoms with Gasteiger partial charge in [-0.1, -0.05) is 6.92 Å². The van der Waals surface area contributed by atoms with Gasteiger partial charge < -0.3 is 5.32 Å². The van der Waals surface area contributed by atoms with E-state index in [2.05, 4.69) is 17.0 Å². The molecule has 0 amide bonds. The molecule has 0 spiro atoms. The highest BCUT2D eigenvalue weighted by molar-refractivity contribution is 7.89. The zero-order chi connectivity index (χ0) is 10.6. The number of hydrogen-bond donors (Lipinski definition) is 2. The average molecular weight is 220 g/mol. The topological polar surface area (TPSA) is 58.2 Å². The molecule has 1 fully saturated rings. The summed E-state index contributed by atoms with van der Waals surface area (Å²) in [7, 11) is -1.30. The Bertz CT molecular complexity index is 260. The largest absolute Gasteiger partial charge is 0.319 e. The molecule has 0 bridgehead atoms. The van der Waals surface area contributed by atoms with E-state index < -0.39 is 10.0 Å². The Labute approximate surface area is 86.5 Å². The third kappa shape index (κ3) is 4.39. The Kier molecular flexibility index (Phi) is 4.34. The van der Waals surface area contributed by atoms with Crippen LogP contribution in [0.1, 0.15) is 19.8 Å². The second-order valence-corrected chi connectivity index (χ2v) is 6.01. The van der Waals surface area contributed by atoms with Crippen LogP contribution in [0.2, 0.25) is 0 Å². The summed E-state index contributed by atoms with van der Waals surface area (Å²) in [5, 5.41) is 2.83. The van der Waals surface area contributed by atoms with Gasteiger partial charge in [0.25, 0.3) is 0 Å². The van der Waals surface area contributed by atoms with Gasteiger partial charge in [-0.3, -0.25) is 0 Å². The van der Waals surface area contributed by atoms with Crippen LogP contribution in [0.5, 0.6) is 0 Å². The maximum absolute atomic E-state index is 11.4. The van der Waals surface area contributed by atoms with E-state index in [0.29, 0.717) is 19.0 Å². The van der Waals surface area contributed by atoms with E-state index in [-0.39, 0.29) is 5.75 Å². The Morgan fingerprint density at radius 2 is 2.07 bits per heavy atom. The molecule has 0 aliphatic heterocycles. The average Bonchev–Trinajstić information content (AvgIpc) is 2.94. The highest BCUT2D eigenvalue weighted by Crippen LogP contribution is 2.36. The minimum atomic E-state index is -3.06. The van der Waals surface area contributed by atoms with E-state index >= 15 is 0 Å². The van der Waals surface area contributed by atoms with Crippen molar-refractivity contribution < 1.29 is 8.42 Å². The molecule has 1 unspecified atom stereocenters. The molecule has 1 saturated carbocycles. The number of nitrogens with one attached hydrogen (secondary N) is 2. The summed E-state index contributed by atoms with van der Waals surface area (Å²) in [6.07, 6.45) is 2.53. The van der Waals surface area contributed by atoms with Gasteiger partial charge in [0.2, 0.25) is 10.0 Å². The van der Waals surface area contributed by atoms with Crippen LogP contribution < -0.4 is 10.0 Å². The molecule has 1 aliphatic rings. The maximum atomic E-state index is 11.4. The van der Waals surface area contributed by atoms with E-state index in [9.17, 15) is 8.42 Å². The van der Waals surface area contributed by atoms with E-state index in [1.165, 1.54) is 12.8 Å². The molecule has 0 saturated heterocycles. The van der Waals surface area contributed by atoms with Gasteiger partial charge >= 0.3 is 0 Å². The molecule has 0 aromatic rings. The summed E-state index contributed by atoms with van der Waals surface area (Å²) in [5.41, 5.74) is 0. The summed E-state index contributed by atoms with van der Waals surface area (Å²) >= 11 is 0. The van der Waals surface area contributed by atoms with Crippen LogP contribution in [0.4, 0.5) is 0 Å². The van der Waals surface area contributed by atoms with Crippen molar-refractivity contribution in [3.63, 3.8) is 0 Å². The number of rotatable bonds is 7. The Balaban J connectivity index is 2.20. The molecule has 1 rings (SSSR count). The van der Waals surface area contributed by atoms with Crippen LogP contribution in [0.15, 0.2) is 0 Å². The Morgan fingerprint density at radius 1 is 1.43 bits per heavy atom. The molecule has 0 radical (unpaired) electrons. The standard InChI is InChI=1S/C9H20N2O2S/c1-8(9-3-4-9)7-11-14(12,13)6-5-10-2/h8-11H,3-7H2,1-2H3. The van der Waals surface area contributed by atoms with E-state index in [1.54, 1.807) is 7.05 Å². The maximum Gasteiger partial charge on any atom is 0.212 e. The fourth-order valence-electron chi connectivity index (χ4n) is 1.40. The van der Waals surface area contributed by atoms with Gasteiger partial charge in [0.1, 0.15) is 0 Å². The molecule has 84 valence electrons. The van der Waals surface area contributed by atoms with Crippen molar-refractivity contribution in [2.45, 2.75) is 19.8 Å². The lowest BCUT2D eigenvalue weighted by atomic mass is 10.1. The Hall–Kier alpha value is -0.130. The molecule has 1 atom stereocenters. The Morgan fingerprint density at radius 3 is 2.57 bits per heavy atom. The quantitative estimate of drug-likeness (QED) is 0.643. The van der Waals surface area contributed by atoms with Gasteiger partial charge in [0.15, 0.2) is 0 Å². The lowest BCUT2D eigenvalue weighted by molar-refractivity contribution is 0.491. The summed E-state index contributed by atoms with van der Waals surface area (Å²) in [6.45, 7) is 3.21. The lowest BCUT2D eigenvalue weighted by Crippen LogP contribution is -2.34. The lowest BCUT2D eigenvalue weighted by Gasteiger charge is -2.11. The van der Waals surface area contributed by atoms with Gasteiger partial charge in [-0.05, 0) is 31.7 Å². The molecular weight excluding hydrogens is 200 g/mol. The number of sulfonamides is 1. The second kappa shape index (κ2) is 5.09. The first-order chi connectivity index (χ1) is 6.55. The van der Waals surface area contributed by atoms with Crippen LogP contribution >= 0.6 is 0 Å². The van der Waals surface area contributed by atoms with Crippen molar-refractivity contribution in [3.8, 4) is 0 Å². The van der Waals surface area contributed by atoms with Crippen molar-refractivity contribution >= 4 is 10.0 Å². The molecule has 5 heteroatoms. The number of hydrogen-bond acceptors (Lipinski definition) is 3. The van der Waals surface area contributed by atoms with Gasteiger partial charge in [0.05, 0.1) is 5.75 Å². The van der Waals surface area contributed by atoms with Gasteiger partial charge in [-0.2, -0.15) is 0 Å². The molecule has 14 heavy (non-hydrogen) atoms. The fourth-order valence-corrected chi connectivity index (χ4v) is 2.53. The minimum Gasteiger partial charge on any atom is -0.319 e. The normalized spacial score (nSPS) is 19.6. The second-order valence-electron chi connectivity index (χ2n) is 4.09. The van der Waals surface area contributed by atoms with Crippen LogP contribution in [0, 0.1) is 11.8 Å². The van der Waals surface area contributed by atoms with Crippen molar-refractivity contribution in [1.29, 1.82) is 0 Å². The molecule has 0 aromatic carbocycles. The van der Waals surface area contributed by atoms with Crippen molar-refractivity contribution in [2.24, 2.45) is 11.8 Å².